The van der Waals surface area contributed by atoms with Gasteiger partial charge in [0, 0.05) is 40.3 Å². The second kappa shape index (κ2) is 10.2. The Morgan fingerprint density at radius 1 is 1.12 bits per heavy atom. The predicted molar refractivity (Wildman–Crippen MR) is 120 cm³/mol. The summed E-state index contributed by atoms with van der Waals surface area (Å²) in [6.45, 7) is 7.18. The monoisotopic (exact) mass is 467 g/mol. The van der Waals surface area contributed by atoms with E-state index >= 15 is 0 Å². The van der Waals surface area contributed by atoms with Crippen LogP contribution in [-0.4, -0.2) is 89.1 Å². The number of carbonyl (C=O) groups excluding carboxylic acids is 2. The van der Waals surface area contributed by atoms with Crippen molar-refractivity contribution in [1.82, 2.24) is 9.21 Å². The number of morpholine rings is 1. The summed E-state index contributed by atoms with van der Waals surface area (Å²) in [5, 5.41) is 0. The fraction of sp³-hybridized carbons (Fsp3) is 0.636. The van der Waals surface area contributed by atoms with Crippen LogP contribution in [0.15, 0.2) is 23.1 Å². The van der Waals surface area contributed by atoms with Crippen LogP contribution < -0.4 is 4.90 Å². The molecule has 0 aliphatic carbocycles. The molecule has 3 rings (SSSR count). The van der Waals surface area contributed by atoms with Crippen LogP contribution in [0.4, 0.5) is 5.69 Å². The zero-order chi connectivity index (χ0) is 23.5. The first-order chi connectivity index (χ1) is 15.1. The summed E-state index contributed by atoms with van der Waals surface area (Å²) in [6, 6.07) is 4.44. The first kappa shape index (κ1) is 24.5. The largest absolute Gasteiger partial charge is 0.449 e. The zero-order valence-corrected chi connectivity index (χ0v) is 20.1. The van der Waals surface area contributed by atoms with Crippen LogP contribution in [0.25, 0.3) is 0 Å². The quantitative estimate of drug-likeness (QED) is 0.586. The number of sulfonamides is 1. The average molecular weight is 468 g/mol. The van der Waals surface area contributed by atoms with Crippen molar-refractivity contribution in [2.75, 3.05) is 58.4 Å². The maximum atomic E-state index is 13.1. The van der Waals surface area contributed by atoms with Crippen molar-refractivity contribution in [2.45, 2.75) is 37.7 Å². The number of hydrogen-bond acceptors (Lipinski definition) is 7. The molecule has 2 heterocycles. The molecular formula is C22H33N3O6S. The molecule has 10 heteroatoms. The molecule has 1 amide bonds. The van der Waals surface area contributed by atoms with E-state index in [0.717, 1.165) is 17.1 Å². The maximum Gasteiger partial charge on any atom is 0.341 e. The summed E-state index contributed by atoms with van der Waals surface area (Å²) in [5.74, 6) is -0.363. The molecule has 32 heavy (non-hydrogen) atoms. The first-order valence-corrected chi connectivity index (χ1v) is 12.4. The van der Waals surface area contributed by atoms with Gasteiger partial charge < -0.3 is 19.3 Å². The Bertz CT molecular complexity index is 935. The highest BCUT2D eigenvalue weighted by molar-refractivity contribution is 7.89. The third-order valence-corrected chi connectivity index (χ3v) is 7.86. The van der Waals surface area contributed by atoms with Gasteiger partial charge in [0.25, 0.3) is 5.91 Å². The lowest BCUT2D eigenvalue weighted by Gasteiger charge is -2.32. The number of hydrogen-bond donors (Lipinski definition) is 0. The molecule has 0 unspecified atom stereocenters. The molecular weight excluding hydrogens is 434 g/mol. The first-order valence-electron chi connectivity index (χ1n) is 11.0. The standard InChI is InChI=1S/C22H33N3O6S/c1-16-7-9-25(10-8-16)21(26)17(2)31-22(27)19-15-18(32(28,29)23(3)4)5-6-20(19)24-11-13-30-14-12-24/h5-6,15-17H,7-14H2,1-4H3/t17-/m0/s1. The second-order valence-corrected chi connectivity index (χ2v) is 10.8. The van der Waals surface area contributed by atoms with Gasteiger partial charge in [0.05, 0.1) is 29.4 Å². The van der Waals surface area contributed by atoms with Gasteiger partial charge in [-0.15, -0.1) is 0 Å². The lowest BCUT2D eigenvalue weighted by molar-refractivity contribution is -0.141. The summed E-state index contributed by atoms with van der Waals surface area (Å²) in [7, 11) is -0.872. The Kier molecular flexibility index (Phi) is 7.79. The number of piperidine rings is 1. The minimum Gasteiger partial charge on any atom is -0.449 e. The third kappa shape index (κ3) is 5.41. The van der Waals surface area contributed by atoms with Crippen LogP contribution in [-0.2, 0) is 24.3 Å². The van der Waals surface area contributed by atoms with E-state index in [9.17, 15) is 18.0 Å². The molecule has 178 valence electrons. The lowest BCUT2D eigenvalue weighted by atomic mass is 9.99. The van der Waals surface area contributed by atoms with Gasteiger partial charge in [0.1, 0.15) is 0 Å². The number of rotatable bonds is 6. The number of anilines is 1. The SMILES string of the molecule is CC1CCN(C(=O)[C@H](C)OC(=O)c2cc(S(=O)(=O)N(C)C)ccc2N2CCOCC2)CC1. The fourth-order valence-electron chi connectivity index (χ4n) is 3.89. The molecule has 2 fully saturated rings. The Morgan fingerprint density at radius 2 is 1.75 bits per heavy atom. The summed E-state index contributed by atoms with van der Waals surface area (Å²) in [6.07, 6.45) is 0.901. The van der Waals surface area contributed by atoms with Gasteiger partial charge in [0.15, 0.2) is 6.10 Å². The number of esters is 1. The van der Waals surface area contributed by atoms with Crippen LogP contribution in [0.5, 0.6) is 0 Å². The van der Waals surface area contributed by atoms with Gasteiger partial charge in [-0.2, -0.15) is 0 Å². The molecule has 2 aliphatic rings. The van der Waals surface area contributed by atoms with E-state index in [2.05, 4.69) is 6.92 Å². The van der Waals surface area contributed by atoms with Gasteiger partial charge in [-0.3, -0.25) is 4.79 Å². The Balaban J connectivity index is 1.85. The molecule has 1 atom stereocenters. The summed E-state index contributed by atoms with van der Waals surface area (Å²) >= 11 is 0. The minimum atomic E-state index is -3.74. The molecule has 2 aliphatic heterocycles. The third-order valence-electron chi connectivity index (χ3n) is 6.05. The second-order valence-electron chi connectivity index (χ2n) is 8.62. The molecule has 0 aromatic heterocycles. The van der Waals surface area contributed by atoms with Crippen LogP contribution in [0.2, 0.25) is 0 Å². The average Bonchev–Trinajstić information content (AvgIpc) is 2.79. The number of amides is 1. The minimum absolute atomic E-state index is 0.00421. The van der Waals surface area contributed by atoms with Crippen molar-refractivity contribution >= 4 is 27.6 Å². The van der Waals surface area contributed by atoms with Gasteiger partial charge >= 0.3 is 5.97 Å². The summed E-state index contributed by atoms with van der Waals surface area (Å²) in [4.78, 5) is 29.6. The predicted octanol–water partition coefficient (Wildman–Crippen LogP) is 1.58. The number of benzene rings is 1. The molecule has 0 saturated carbocycles. The van der Waals surface area contributed by atoms with E-state index in [1.807, 2.05) is 4.90 Å². The van der Waals surface area contributed by atoms with E-state index in [1.165, 1.54) is 26.2 Å². The van der Waals surface area contributed by atoms with Crippen molar-refractivity contribution in [2.24, 2.45) is 5.92 Å². The number of ether oxygens (including phenoxy) is 2. The molecule has 9 nitrogen and oxygen atoms in total. The van der Waals surface area contributed by atoms with Crippen molar-refractivity contribution in [3.05, 3.63) is 23.8 Å². The molecule has 0 bridgehead atoms. The van der Waals surface area contributed by atoms with Crippen molar-refractivity contribution < 1.29 is 27.5 Å². The topological polar surface area (TPSA) is 96.5 Å². The van der Waals surface area contributed by atoms with E-state index in [4.69, 9.17) is 9.47 Å². The van der Waals surface area contributed by atoms with Crippen LogP contribution in [0.3, 0.4) is 0 Å². The molecule has 0 spiro atoms. The van der Waals surface area contributed by atoms with Gasteiger partial charge in [-0.05, 0) is 43.9 Å². The normalized spacial score (nSPS) is 19.2. The van der Waals surface area contributed by atoms with Crippen molar-refractivity contribution in [1.29, 1.82) is 0 Å². The number of nitrogens with zero attached hydrogens (tertiary/aromatic N) is 3. The van der Waals surface area contributed by atoms with E-state index in [-0.39, 0.29) is 16.4 Å². The van der Waals surface area contributed by atoms with Crippen molar-refractivity contribution in [3.8, 4) is 0 Å². The zero-order valence-electron chi connectivity index (χ0n) is 19.2. The van der Waals surface area contributed by atoms with Gasteiger partial charge in [0.2, 0.25) is 10.0 Å². The van der Waals surface area contributed by atoms with Gasteiger partial charge in [-0.1, -0.05) is 6.92 Å². The highest BCUT2D eigenvalue weighted by Crippen LogP contribution is 2.27. The van der Waals surface area contributed by atoms with Crippen LogP contribution >= 0.6 is 0 Å². The highest BCUT2D eigenvalue weighted by atomic mass is 32.2. The highest BCUT2D eigenvalue weighted by Gasteiger charge is 2.30. The fourth-order valence-corrected chi connectivity index (χ4v) is 4.82. The van der Waals surface area contributed by atoms with Crippen molar-refractivity contribution in [3.63, 3.8) is 0 Å². The Morgan fingerprint density at radius 3 is 2.34 bits per heavy atom. The molecule has 1 aromatic carbocycles. The Labute approximate surface area is 190 Å². The molecule has 2 saturated heterocycles. The van der Waals surface area contributed by atoms with Crippen LogP contribution in [0.1, 0.15) is 37.0 Å². The molecule has 0 N–H and O–H groups in total. The lowest BCUT2D eigenvalue weighted by Crippen LogP contribution is -2.44. The summed E-state index contributed by atoms with van der Waals surface area (Å²) in [5.41, 5.74) is 0.698. The molecule has 0 radical (unpaired) electrons. The van der Waals surface area contributed by atoms with Crippen LogP contribution in [0, 0.1) is 5.92 Å². The maximum absolute atomic E-state index is 13.1. The smallest absolute Gasteiger partial charge is 0.341 e. The molecule has 1 aromatic rings. The van der Waals surface area contributed by atoms with Gasteiger partial charge in [-0.25, -0.2) is 17.5 Å². The van der Waals surface area contributed by atoms with E-state index < -0.39 is 22.1 Å². The number of carbonyl (C=O) groups is 2. The van der Waals surface area contributed by atoms with E-state index in [0.29, 0.717) is 51.0 Å². The Hall–Kier alpha value is -2.17. The van der Waals surface area contributed by atoms with E-state index in [1.54, 1.807) is 17.9 Å². The number of likely N-dealkylation sites (tertiary alicyclic amines) is 1. The summed E-state index contributed by atoms with van der Waals surface area (Å²) < 4.78 is 37.3.